The van der Waals surface area contributed by atoms with Crippen LogP contribution in [0.1, 0.15) is 41.7 Å². The van der Waals surface area contributed by atoms with Gasteiger partial charge < -0.3 is 24.9 Å². The second-order valence-corrected chi connectivity index (χ2v) is 8.93. The number of Topliss-reactive ketones (excluding diaryl/α,β-unsaturated/α-hetero) is 1. The van der Waals surface area contributed by atoms with E-state index in [-0.39, 0.29) is 29.7 Å². The van der Waals surface area contributed by atoms with Gasteiger partial charge in [-0.05, 0) is 31.5 Å². The van der Waals surface area contributed by atoms with Crippen LogP contribution in [-0.4, -0.2) is 43.3 Å². The van der Waals surface area contributed by atoms with Gasteiger partial charge in [-0.2, -0.15) is 18.2 Å². The van der Waals surface area contributed by atoms with Crippen molar-refractivity contribution in [3.05, 3.63) is 71.7 Å². The maximum Gasteiger partial charge on any atom is 0.470 e. The van der Waals surface area contributed by atoms with Gasteiger partial charge >= 0.3 is 12.1 Å². The number of benzene rings is 2. The van der Waals surface area contributed by atoms with Crippen molar-refractivity contribution in [2.75, 3.05) is 17.2 Å². The van der Waals surface area contributed by atoms with Gasteiger partial charge in [0, 0.05) is 18.0 Å². The summed E-state index contributed by atoms with van der Waals surface area (Å²) in [6, 6.07) is 13.2. The number of nitrogens with one attached hydrogen (secondary N) is 2. The molecule has 0 aliphatic carbocycles. The predicted molar refractivity (Wildman–Crippen MR) is 129 cm³/mol. The molecule has 1 atom stereocenters. The molecule has 3 N–H and O–H groups in total. The van der Waals surface area contributed by atoms with E-state index in [0.29, 0.717) is 22.6 Å². The Hall–Kier alpha value is -4.52. The van der Waals surface area contributed by atoms with Crippen molar-refractivity contribution in [1.82, 2.24) is 20.2 Å². The molecule has 4 aromatic rings. The van der Waals surface area contributed by atoms with Crippen molar-refractivity contribution in [2.24, 2.45) is 0 Å². The van der Waals surface area contributed by atoms with Crippen LogP contribution in [-0.2, 0) is 6.18 Å². The fourth-order valence-corrected chi connectivity index (χ4v) is 3.89. The van der Waals surface area contributed by atoms with Crippen molar-refractivity contribution in [3.63, 3.8) is 0 Å². The summed E-state index contributed by atoms with van der Waals surface area (Å²) >= 11 is 0. The zero-order chi connectivity index (χ0) is 27.1. The third-order valence-corrected chi connectivity index (χ3v) is 5.78. The van der Waals surface area contributed by atoms with Crippen molar-refractivity contribution in [3.8, 4) is 17.2 Å². The van der Waals surface area contributed by atoms with Crippen molar-refractivity contribution in [2.45, 2.75) is 31.7 Å². The average Bonchev–Trinajstić information content (AvgIpc) is 3.46. The number of alkyl halides is 3. The van der Waals surface area contributed by atoms with Crippen molar-refractivity contribution < 1.29 is 32.2 Å². The Morgan fingerprint density at radius 3 is 2.53 bits per heavy atom. The maximum atomic E-state index is 13.1. The minimum absolute atomic E-state index is 0.00226. The van der Waals surface area contributed by atoms with Crippen LogP contribution in [0, 0.1) is 0 Å². The minimum atomic E-state index is -4.83. The number of anilines is 3. The summed E-state index contributed by atoms with van der Waals surface area (Å²) in [4.78, 5) is 21.0. The molecule has 13 heteroatoms. The first kappa shape index (κ1) is 25.1. The summed E-state index contributed by atoms with van der Waals surface area (Å²) in [5, 5.41) is 22.6. The van der Waals surface area contributed by atoms with E-state index >= 15 is 0 Å². The highest BCUT2D eigenvalue weighted by Crippen LogP contribution is 2.38. The summed E-state index contributed by atoms with van der Waals surface area (Å²) in [6.07, 6.45) is -3.61. The number of fused-ring (bicyclic) bond motifs is 1. The topological polar surface area (TPSA) is 135 Å². The molecule has 2 aromatic heterocycles. The van der Waals surface area contributed by atoms with Crippen LogP contribution >= 0.6 is 0 Å². The summed E-state index contributed by atoms with van der Waals surface area (Å²) in [5.74, 6) is -1.60. The zero-order valence-corrected chi connectivity index (χ0v) is 20.1. The van der Waals surface area contributed by atoms with Crippen LogP contribution in [0.4, 0.5) is 30.6 Å². The molecule has 0 bridgehead atoms. The number of aromatic nitrogens is 4. The number of hydrogen-bond acceptors (Lipinski definition) is 10. The summed E-state index contributed by atoms with van der Waals surface area (Å²) in [7, 11) is 0. The Morgan fingerprint density at radius 1 is 1.08 bits per heavy atom. The molecule has 38 heavy (non-hydrogen) atoms. The number of ketones is 1. The van der Waals surface area contributed by atoms with E-state index in [9.17, 15) is 23.1 Å². The lowest BCUT2D eigenvalue weighted by atomic mass is 10.00. The van der Waals surface area contributed by atoms with Crippen molar-refractivity contribution >= 4 is 23.2 Å². The van der Waals surface area contributed by atoms with Crippen LogP contribution in [0.15, 0.2) is 59.1 Å². The van der Waals surface area contributed by atoms with E-state index in [1.807, 2.05) is 6.07 Å². The van der Waals surface area contributed by atoms with E-state index in [2.05, 4.69) is 30.8 Å². The minimum Gasteiger partial charge on any atom is -0.479 e. The molecule has 1 aliphatic heterocycles. The molecule has 0 unspecified atom stereocenters. The summed E-state index contributed by atoms with van der Waals surface area (Å²) < 4.78 is 49.8. The first-order valence-electron chi connectivity index (χ1n) is 11.4. The highest BCUT2D eigenvalue weighted by molar-refractivity contribution is 6.07. The van der Waals surface area contributed by atoms with Gasteiger partial charge in [-0.1, -0.05) is 30.3 Å². The van der Waals surface area contributed by atoms with Gasteiger partial charge in [-0.3, -0.25) is 4.79 Å². The highest BCUT2D eigenvalue weighted by Gasteiger charge is 2.40. The molecule has 0 spiro atoms. The zero-order valence-electron chi connectivity index (χ0n) is 20.1. The number of carbonyl (C=O) groups excluding carboxylic acids is 1. The Labute approximate surface area is 213 Å². The SMILES string of the molecule is CC1(C)Oc2cc(Nc3ncc(-c4nnc(C(F)(F)F)o4)c(N[C@H](CO)c4ccccc4)n3)ccc2C1=O. The third-order valence-electron chi connectivity index (χ3n) is 5.78. The number of carbonyl (C=O) groups is 1. The lowest BCUT2D eigenvalue weighted by Gasteiger charge is -2.19. The van der Waals surface area contributed by atoms with Gasteiger partial charge in [0.15, 0.2) is 5.60 Å². The Kier molecular flexibility index (Phi) is 6.23. The number of halogens is 3. The number of aliphatic hydroxyl groups is 1. The van der Waals surface area contributed by atoms with E-state index in [0.717, 1.165) is 0 Å². The molecule has 0 radical (unpaired) electrons. The van der Waals surface area contributed by atoms with Crippen LogP contribution in [0.3, 0.4) is 0 Å². The number of aliphatic hydroxyl groups excluding tert-OH is 1. The summed E-state index contributed by atoms with van der Waals surface area (Å²) in [5.41, 5.74) is 0.680. The normalized spacial score (nSPS) is 15.1. The Bertz CT molecular complexity index is 1490. The second-order valence-electron chi connectivity index (χ2n) is 8.93. The largest absolute Gasteiger partial charge is 0.479 e. The van der Waals surface area contributed by atoms with E-state index < -0.39 is 29.6 Å². The smallest absolute Gasteiger partial charge is 0.470 e. The summed E-state index contributed by atoms with van der Waals surface area (Å²) in [6.45, 7) is 3.00. The second kappa shape index (κ2) is 9.41. The number of ether oxygens (including phenoxy) is 1. The van der Waals surface area contributed by atoms with E-state index in [1.54, 1.807) is 56.3 Å². The maximum absolute atomic E-state index is 13.1. The standard InChI is InChI=1S/C25H21F3N6O4/c1-24(2)19(36)15-9-8-14(10-18(15)38-24)30-23-29-11-16(21-33-34-22(37-21)25(26,27)28)20(32-23)31-17(12-35)13-6-4-3-5-7-13/h3-11,17,35H,12H2,1-2H3,(H2,29,30,31,32)/t17-/m1/s1. The number of rotatable bonds is 7. The van der Waals surface area contributed by atoms with Gasteiger partial charge in [0.2, 0.25) is 11.7 Å². The quantitative estimate of drug-likeness (QED) is 0.308. The monoisotopic (exact) mass is 526 g/mol. The molecular formula is C25H21F3N6O4. The fourth-order valence-electron chi connectivity index (χ4n) is 3.89. The van der Waals surface area contributed by atoms with Crippen LogP contribution in [0.2, 0.25) is 0 Å². The van der Waals surface area contributed by atoms with E-state index in [1.165, 1.54) is 6.20 Å². The van der Waals surface area contributed by atoms with Gasteiger partial charge in [-0.25, -0.2) is 4.98 Å². The molecule has 0 amide bonds. The van der Waals surface area contributed by atoms with E-state index in [4.69, 9.17) is 9.15 Å². The molecule has 5 rings (SSSR count). The fraction of sp³-hybridized carbons (Fsp3) is 0.240. The van der Waals surface area contributed by atoms with Gasteiger partial charge in [0.25, 0.3) is 5.89 Å². The lowest BCUT2D eigenvalue weighted by Crippen LogP contribution is -2.31. The molecule has 0 saturated carbocycles. The first-order chi connectivity index (χ1) is 18.0. The van der Waals surface area contributed by atoms with Crippen molar-refractivity contribution in [1.29, 1.82) is 0 Å². The lowest BCUT2D eigenvalue weighted by molar-refractivity contribution is -0.156. The molecule has 196 valence electrons. The predicted octanol–water partition coefficient (Wildman–Crippen LogP) is 4.79. The Morgan fingerprint density at radius 2 is 1.84 bits per heavy atom. The molecule has 1 aliphatic rings. The molecule has 3 heterocycles. The molecule has 0 fully saturated rings. The van der Waals surface area contributed by atoms with Gasteiger partial charge in [0.1, 0.15) is 11.6 Å². The average molecular weight is 526 g/mol. The van der Waals surface area contributed by atoms with Gasteiger partial charge in [-0.15, -0.1) is 10.2 Å². The molecule has 0 saturated heterocycles. The van der Waals surface area contributed by atoms with Crippen LogP contribution in [0.25, 0.3) is 11.5 Å². The number of nitrogens with zero attached hydrogens (tertiary/aromatic N) is 4. The van der Waals surface area contributed by atoms with Crippen LogP contribution in [0.5, 0.6) is 5.75 Å². The highest BCUT2D eigenvalue weighted by atomic mass is 19.4. The molecule has 10 nitrogen and oxygen atoms in total. The Balaban J connectivity index is 1.50. The first-order valence-corrected chi connectivity index (χ1v) is 11.4. The number of hydrogen-bond donors (Lipinski definition) is 3. The third kappa shape index (κ3) is 4.87. The van der Waals surface area contributed by atoms with Crippen LogP contribution < -0.4 is 15.4 Å². The molecule has 2 aromatic carbocycles. The van der Waals surface area contributed by atoms with Gasteiger partial charge in [0.05, 0.1) is 23.8 Å². The molecular weight excluding hydrogens is 505 g/mol.